The number of hydrogen-bond donors (Lipinski definition) is 0. The van der Waals surface area contributed by atoms with E-state index >= 15 is 0 Å². The van der Waals surface area contributed by atoms with Gasteiger partial charge in [0.1, 0.15) is 0 Å². The van der Waals surface area contributed by atoms with Gasteiger partial charge in [-0.25, -0.2) is 0 Å². The van der Waals surface area contributed by atoms with Crippen molar-refractivity contribution in [3.8, 4) is 6.07 Å². The molecule has 0 saturated carbocycles. The fourth-order valence-corrected chi connectivity index (χ4v) is 5.30. The first-order valence-electron chi connectivity index (χ1n) is 12.1. The zero-order valence-corrected chi connectivity index (χ0v) is 20.2. The van der Waals surface area contributed by atoms with E-state index in [-0.39, 0.29) is 23.7 Å². The van der Waals surface area contributed by atoms with Crippen LogP contribution in [0.25, 0.3) is 0 Å². The maximum atomic E-state index is 13.6. The highest BCUT2D eigenvalue weighted by atomic mass is 16.2. The molecule has 0 aliphatic carbocycles. The molecule has 0 unspecified atom stereocenters. The summed E-state index contributed by atoms with van der Waals surface area (Å²) in [5, 5.41) is 9.19. The number of nitriles is 1. The first-order valence-corrected chi connectivity index (χ1v) is 12.1. The van der Waals surface area contributed by atoms with Gasteiger partial charge in [0.05, 0.1) is 17.6 Å². The summed E-state index contributed by atoms with van der Waals surface area (Å²) in [6.07, 6.45) is 2.13. The molecule has 2 heterocycles. The van der Waals surface area contributed by atoms with Crippen LogP contribution >= 0.6 is 0 Å². The summed E-state index contributed by atoms with van der Waals surface area (Å²) in [5.74, 6) is -0.470. The third-order valence-corrected chi connectivity index (χ3v) is 7.21. The third-order valence-electron chi connectivity index (χ3n) is 7.21. The predicted molar refractivity (Wildman–Crippen MR) is 137 cm³/mol. The van der Waals surface area contributed by atoms with Crippen molar-refractivity contribution in [2.24, 2.45) is 5.92 Å². The maximum Gasteiger partial charge on any atom is 0.232 e. The van der Waals surface area contributed by atoms with E-state index in [1.165, 1.54) is 16.7 Å². The first-order chi connectivity index (χ1) is 16.9. The molecular formula is C30H29N3O2. The molecule has 2 amide bonds. The van der Waals surface area contributed by atoms with Gasteiger partial charge in [0.25, 0.3) is 0 Å². The Bertz CT molecular complexity index is 1320. The summed E-state index contributed by atoms with van der Waals surface area (Å²) in [5.41, 5.74) is 5.77. The largest absolute Gasteiger partial charge is 0.312 e. The molecule has 1 saturated heterocycles. The van der Waals surface area contributed by atoms with Crippen molar-refractivity contribution < 1.29 is 9.59 Å². The molecule has 5 rings (SSSR count). The van der Waals surface area contributed by atoms with E-state index in [0.29, 0.717) is 24.3 Å². The van der Waals surface area contributed by atoms with Crippen LogP contribution in [0, 0.1) is 17.2 Å². The first kappa shape index (κ1) is 22.9. The summed E-state index contributed by atoms with van der Waals surface area (Å²) in [6.45, 7) is 5.31. The lowest BCUT2D eigenvalue weighted by molar-refractivity contribution is -0.124. The van der Waals surface area contributed by atoms with Crippen LogP contribution in [0.2, 0.25) is 0 Å². The van der Waals surface area contributed by atoms with Crippen molar-refractivity contribution >= 4 is 23.2 Å². The van der Waals surface area contributed by atoms with Gasteiger partial charge in [-0.3, -0.25) is 9.59 Å². The fourth-order valence-electron chi connectivity index (χ4n) is 5.30. The molecule has 176 valence electrons. The van der Waals surface area contributed by atoms with Gasteiger partial charge >= 0.3 is 0 Å². The normalized spacial score (nSPS) is 18.4. The number of fused-ring (bicyclic) bond motifs is 1. The molecule has 0 radical (unpaired) electrons. The van der Waals surface area contributed by atoms with Crippen molar-refractivity contribution in [2.45, 2.75) is 38.5 Å². The number of aryl methyl sites for hydroxylation is 2. The molecule has 3 aromatic carbocycles. The monoisotopic (exact) mass is 463 g/mol. The Balaban J connectivity index is 1.33. The van der Waals surface area contributed by atoms with Crippen molar-refractivity contribution in [3.05, 3.63) is 95.1 Å². The Hall–Kier alpha value is -3.91. The summed E-state index contributed by atoms with van der Waals surface area (Å²) < 4.78 is 0. The van der Waals surface area contributed by atoms with Gasteiger partial charge < -0.3 is 9.80 Å². The number of benzene rings is 3. The van der Waals surface area contributed by atoms with Gasteiger partial charge in [0.15, 0.2) is 0 Å². The molecule has 0 aromatic heterocycles. The standard InChI is InChI=1S/C30H29N3O2/c1-30(2)20-33(27-14-13-22(16-26(27)30)12-11-21-7-4-3-5-8-21)29(35)24-17-28(34)32(19-24)25-10-6-9-23(15-25)18-31/h3-10,13-16,24H,11-12,17,19-20H2,1-2H3/t24-/m0/s1. The van der Waals surface area contributed by atoms with Crippen LogP contribution in [-0.4, -0.2) is 24.9 Å². The van der Waals surface area contributed by atoms with Crippen LogP contribution < -0.4 is 9.80 Å². The zero-order valence-electron chi connectivity index (χ0n) is 20.2. The molecule has 2 aliphatic heterocycles. The molecule has 3 aromatic rings. The van der Waals surface area contributed by atoms with Crippen LogP contribution in [0.4, 0.5) is 11.4 Å². The third kappa shape index (κ3) is 4.44. The van der Waals surface area contributed by atoms with E-state index in [0.717, 1.165) is 18.5 Å². The Labute approximate surface area is 206 Å². The number of amides is 2. The smallest absolute Gasteiger partial charge is 0.232 e. The van der Waals surface area contributed by atoms with Gasteiger partial charge in [0, 0.05) is 36.3 Å². The lowest BCUT2D eigenvalue weighted by Crippen LogP contribution is -2.39. The summed E-state index contributed by atoms with van der Waals surface area (Å²) in [6, 6.07) is 26.1. The fraction of sp³-hybridized carbons (Fsp3) is 0.300. The van der Waals surface area contributed by atoms with Crippen LogP contribution in [0.1, 0.15) is 42.5 Å². The molecular weight excluding hydrogens is 434 g/mol. The lowest BCUT2D eigenvalue weighted by Gasteiger charge is -2.23. The molecule has 5 nitrogen and oxygen atoms in total. The molecule has 0 bridgehead atoms. The van der Waals surface area contributed by atoms with Crippen molar-refractivity contribution in [2.75, 3.05) is 22.9 Å². The highest BCUT2D eigenvalue weighted by Gasteiger charge is 2.43. The molecule has 1 fully saturated rings. The molecule has 5 heteroatoms. The van der Waals surface area contributed by atoms with Gasteiger partial charge in [-0.1, -0.05) is 62.4 Å². The van der Waals surface area contributed by atoms with Crippen molar-refractivity contribution in [1.82, 2.24) is 0 Å². The van der Waals surface area contributed by atoms with E-state index in [1.807, 2.05) is 17.0 Å². The predicted octanol–water partition coefficient (Wildman–Crippen LogP) is 5.02. The minimum absolute atomic E-state index is 0.00106. The number of carbonyl (C=O) groups is 2. The van der Waals surface area contributed by atoms with E-state index < -0.39 is 5.92 Å². The summed E-state index contributed by atoms with van der Waals surface area (Å²) in [4.78, 5) is 29.9. The Morgan fingerprint density at radius 3 is 2.54 bits per heavy atom. The number of rotatable bonds is 5. The van der Waals surface area contributed by atoms with E-state index in [1.54, 1.807) is 23.1 Å². The second kappa shape index (κ2) is 9.03. The maximum absolute atomic E-state index is 13.6. The molecule has 0 N–H and O–H groups in total. The molecule has 0 spiro atoms. The van der Waals surface area contributed by atoms with E-state index in [4.69, 9.17) is 0 Å². The minimum Gasteiger partial charge on any atom is -0.312 e. The van der Waals surface area contributed by atoms with Crippen LogP contribution in [0.3, 0.4) is 0 Å². The van der Waals surface area contributed by atoms with E-state index in [9.17, 15) is 14.9 Å². The van der Waals surface area contributed by atoms with Crippen LogP contribution in [0.5, 0.6) is 0 Å². The molecule has 35 heavy (non-hydrogen) atoms. The number of carbonyl (C=O) groups excluding carboxylic acids is 2. The number of hydrogen-bond acceptors (Lipinski definition) is 3. The average Bonchev–Trinajstić information content (AvgIpc) is 3.39. The van der Waals surface area contributed by atoms with Gasteiger partial charge in [0.2, 0.25) is 11.8 Å². The molecule has 1 atom stereocenters. The Morgan fingerprint density at radius 2 is 1.77 bits per heavy atom. The SMILES string of the molecule is CC1(C)CN(C(=O)[C@H]2CC(=O)N(c3cccc(C#N)c3)C2)c2ccc(CCc3ccccc3)cc21. The van der Waals surface area contributed by atoms with Gasteiger partial charge in [-0.05, 0) is 53.8 Å². The van der Waals surface area contributed by atoms with Crippen LogP contribution in [-0.2, 0) is 27.8 Å². The van der Waals surface area contributed by atoms with Crippen LogP contribution in [0.15, 0.2) is 72.8 Å². The summed E-state index contributed by atoms with van der Waals surface area (Å²) >= 11 is 0. The number of anilines is 2. The Morgan fingerprint density at radius 1 is 1.00 bits per heavy atom. The summed E-state index contributed by atoms with van der Waals surface area (Å²) in [7, 11) is 0. The second-order valence-corrected chi connectivity index (χ2v) is 10.2. The molecule has 2 aliphatic rings. The van der Waals surface area contributed by atoms with Crippen molar-refractivity contribution in [1.29, 1.82) is 5.26 Å². The Kier molecular flexibility index (Phi) is 5.90. The van der Waals surface area contributed by atoms with Crippen molar-refractivity contribution in [3.63, 3.8) is 0 Å². The highest BCUT2D eigenvalue weighted by molar-refractivity contribution is 6.05. The second-order valence-electron chi connectivity index (χ2n) is 10.2. The van der Waals surface area contributed by atoms with Gasteiger partial charge in [-0.15, -0.1) is 0 Å². The quantitative estimate of drug-likeness (QED) is 0.534. The van der Waals surface area contributed by atoms with E-state index in [2.05, 4.69) is 62.4 Å². The lowest BCUT2D eigenvalue weighted by atomic mass is 9.85. The topological polar surface area (TPSA) is 64.4 Å². The average molecular weight is 464 g/mol. The zero-order chi connectivity index (χ0) is 24.6. The van der Waals surface area contributed by atoms with Gasteiger partial charge in [-0.2, -0.15) is 5.26 Å². The minimum atomic E-state index is -0.396. The number of nitrogens with zero attached hydrogens (tertiary/aromatic N) is 3. The highest BCUT2D eigenvalue weighted by Crippen LogP contribution is 2.42.